The van der Waals surface area contributed by atoms with Crippen LogP contribution in [-0.4, -0.2) is 12.6 Å². The van der Waals surface area contributed by atoms with Gasteiger partial charge in [-0.05, 0) is 57.1 Å². The van der Waals surface area contributed by atoms with Crippen molar-refractivity contribution in [2.24, 2.45) is 5.92 Å². The third kappa shape index (κ3) is 4.66. The number of nitrogens with one attached hydrogen (secondary N) is 1. The normalized spacial score (nSPS) is 20.8. The maximum atomic E-state index is 3.69. The predicted molar refractivity (Wildman–Crippen MR) is 78.7 cm³/mol. The second kappa shape index (κ2) is 7.38. The molecule has 1 aromatic rings. The quantitative estimate of drug-likeness (QED) is 0.746. The summed E-state index contributed by atoms with van der Waals surface area (Å²) in [5.41, 5.74) is 1.45. The van der Waals surface area contributed by atoms with Crippen LogP contribution in [0.25, 0.3) is 0 Å². The van der Waals surface area contributed by atoms with Crippen LogP contribution in [0.15, 0.2) is 42.5 Å². The molecule has 0 bridgehead atoms. The molecule has 0 aliphatic heterocycles. The molecular weight excluding hydrogens is 218 g/mol. The highest BCUT2D eigenvalue weighted by Crippen LogP contribution is 2.17. The first-order valence-corrected chi connectivity index (χ1v) is 7.27. The van der Waals surface area contributed by atoms with Gasteiger partial charge in [-0.1, -0.05) is 42.5 Å². The summed E-state index contributed by atoms with van der Waals surface area (Å²) >= 11 is 0. The Balaban J connectivity index is 1.63. The monoisotopic (exact) mass is 243 g/mol. The number of hydrogen-bond donors (Lipinski definition) is 1. The minimum absolute atomic E-state index is 0.621. The lowest BCUT2D eigenvalue weighted by Crippen LogP contribution is -2.31. The summed E-state index contributed by atoms with van der Waals surface area (Å²) in [6, 6.07) is 11.4. The van der Waals surface area contributed by atoms with Gasteiger partial charge >= 0.3 is 0 Å². The number of hydrogen-bond acceptors (Lipinski definition) is 1. The lowest BCUT2D eigenvalue weighted by Gasteiger charge is -2.21. The van der Waals surface area contributed by atoms with E-state index in [1.54, 1.807) is 0 Å². The molecule has 0 saturated heterocycles. The van der Waals surface area contributed by atoms with Crippen molar-refractivity contribution in [1.29, 1.82) is 0 Å². The van der Waals surface area contributed by atoms with Crippen molar-refractivity contribution in [2.45, 2.75) is 45.1 Å². The maximum Gasteiger partial charge on any atom is 0.00420 e. The van der Waals surface area contributed by atoms with E-state index in [4.69, 9.17) is 0 Å². The summed E-state index contributed by atoms with van der Waals surface area (Å²) in [7, 11) is 0. The van der Waals surface area contributed by atoms with Gasteiger partial charge < -0.3 is 5.32 Å². The van der Waals surface area contributed by atoms with Crippen LogP contribution < -0.4 is 5.32 Å². The fraction of sp³-hybridized carbons (Fsp3) is 0.529. The van der Waals surface area contributed by atoms with Crippen LogP contribution in [0.3, 0.4) is 0 Å². The summed E-state index contributed by atoms with van der Waals surface area (Å²) in [6.45, 7) is 3.49. The Morgan fingerprint density at radius 3 is 2.78 bits per heavy atom. The summed E-state index contributed by atoms with van der Waals surface area (Å²) in [6.07, 6.45) is 10.9. The lowest BCUT2D eigenvalue weighted by atomic mass is 9.94. The Labute approximate surface area is 111 Å². The van der Waals surface area contributed by atoms with Crippen molar-refractivity contribution in [1.82, 2.24) is 5.32 Å². The average molecular weight is 243 g/mol. The van der Waals surface area contributed by atoms with E-state index in [1.165, 1.54) is 44.2 Å². The summed E-state index contributed by atoms with van der Waals surface area (Å²) in [5, 5.41) is 3.69. The molecule has 1 heteroatoms. The Bertz CT molecular complexity index is 355. The number of benzene rings is 1. The van der Waals surface area contributed by atoms with Gasteiger partial charge in [0, 0.05) is 6.04 Å². The van der Waals surface area contributed by atoms with Gasteiger partial charge in [0.1, 0.15) is 0 Å². The topological polar surface area (TPSA) is 12.0 Å². The first-order valence-electron chi connectivity index (χ1n) is 7.27. The molecule has 2 rings (SSSR count). The van der Waals surface area contributed by atoms with E-state index < -0.39 is 0 Å². The van der Waals surface area contributed by atoms with Crippen LogP contribution >= 0.6 is 0 Å². The molecule has 0 saturated carbocycles. The zero-order valence-corrected chi connectivity index (χ0v) is 11.4. The molecule has 0 fully saturated rings. The molecule has 0 aromatic heterocycles. The lowest BCUT2D eigenvalue weighted by molar-refractivity contribution is 0.402. The fourth-order valence-electron chi connectivity index (χ4n) is 2.54. The van der Waals surface area contributed by atoms with Gasteiger partial charge in [-0.25, -0.2) is 0 Å². The Morgan fingerprint density at radius 1 is 1.22 bits per heavy atom. The number of allylic oxidation sites excluding steroid dienone is 2. The standard InChI is InChI=1S/C17H25N/c1-15(12-13-16-8-4-2-5-9-16)18-14-17-10-6-3-7-11-17/h2-6,8-9,15,17-18H,7,10-14H2,1H3. The van der Waals surface area contributed by atoms with E-state index in [1.807, 2.05) is 0 Å². The van der Waals surface area contributed by atoms with Crippen LogP contribution in [0, 0.1) is 5.92 Å². The van der Waals surface area contributed by atoms with Crippen LogP contribution in [0.2, 0.25) is 0 Å². The summed E-state index contributed by atoms with van der Waals surface area (Å²) in [5.74, 6) is 0.856. The fourth-order valence-corrected chi connectivity index (χ4v) is 2.54. The minimum atomic E-state index is 0.621. The third-order valence-electron chi connectivity index (χ3n) is 3.84. The molecule has 0 spiro atoms. The van der Waals surface area contributed by atoms with Gasteiger partial charge in [0.2, 0.25) is 0 Å². The van der Waals surface area contributed by atoms with Crippen LogP contribution in [-0.2, 0) is 6.42 Å². The SMILES string of the molecule is CC(CCc1ccccc1)NCC1CC=CCC1. The molecule has 1 nitrogen and oxygen atoms in total. The molecular formula is C17H25N. The molecule has 98 valence electrons. The van der Waals surface area contributed by atoms with E-state index in [0.29, 0.717) is 6.04 Å². The molecule has 1 aromatic carbocycles. The highest BCUT2D eigenvalue weighted by Gasteiger charge is 2.10. The maximum absolute atomic E-state index is 3.69. The van der Waals surface area contributed by atoms with Gasteiger partial charge in [0.05, 0.1) is 0 Å². The summed E-state index contributed by atoms with van der Waals surface area (Å²) in [4.78, 5) is 0. The first-order chi connectivity index (χ1) is 8.84. The second-order valence-corrected chi connectivity index (χ2v) is 5.48. The Morgan fingerprint density at radius 2 is 2.06 bits per heavy atom. The minimum Gasteiger partial charge on any atom is -0.314 e. The van der Waals surface area contributed by atoms with E-state index in [2.05, 4.69) is 54.7 Å². The molecule has 0 amide bonds. The van der Waals surface area contributed by atoms with Crippen molar-refractivity contribution in [3.63, 3.8) is 0 Å². The Kier molecular flexibility index (Phi) is 5.47. The predicted octanol–water partition coefficient (Wildman–Crippen LogP) is 3.95. The van der Waals surface area contributed by atoms with Crippen molar-refractivity contribution >= 4 is 0 Å². The van der Waals surface area contributed by atoms with E-state index >= 15 is 0 Å². The molecule has 2 unspecified atom stereocenters. The van der Waals surface area contributed by atoms with Gasteiger partial charge in [0.15, 0.2) is 0 Å². The smallest absolute Gasteiger partial charge is 0.00420 e. The van der Waals surface area contributed by atoms with Gasteiger partial charge in [-0.3, -0.25) is 0 Å². The first kappa shape index (κ1) is 13.4. The molecule has 1 aliphatic rings. The van der Waals surface area contributed by atoms with Crippen molar-refractivity contribution in [2.75, 3.05) is 6.54 Å². The zero-order valence-electron chi connectivity index (χ0n) is 11.4. The molecule has 0 radical (unpaired) electrons. The Hall–Kier alpha value is -1.08. The van der Waals surface area contributed by atoms with Crippen molar-refractivity contribution in [3.05, 3.63) is 48.0 Å². The van der Waals surface area contributed by atoms with Crippen molar-refractivity contribution in [3.8, 4) is 0 Å². The third-order valence-corrected chi connectivity index (χ3v) is 3.84. The van der Waals surface area contributed by atoms with E-state index in [-0.39, 0.29) is 0 Å². The van der Waals surface area contributed by atoms with E-state index in [0.717, 1.165) is 5.92 Å². The number of aryl methyl sites for hydroxylation is 1. The van der Waals surface area contributed by atoms with Gasteiger partial charge in [-0.15, -0.1) is 0 Å². The molecule has 1 N–H and O–H groups in total. The van der Waals surface area contributed by atoms with Gasteiger partial charge in [0.25, 0.3) is 0 Å². The highest BCUT2D eigenvalue weighted by atomic mass is 14.9. The average Bonchev–Trinajstić information content (AvgIpc) is 2.45. The molecule has 2 atom stereocenters. The number of rotatable bonds is 6. The second-order valence-electron chi connectivity index (χ2n) is 5.48. The van der Waals surface area contributed by atoms with E-state index in [9.17, 15) is 0 Å². The van der Waals surface area contributed by atoms with Crippen molar-refractivity contribution < 1.29 is 0 Å². The molecule has 0 heterocycles. The van der Waals surface area contributed by atoms with Crippen LogP contribution in [0.1, 0.15) is 38.2 Å². The zero-order chi connectivity index (χ0) is 12.6. The molecule has 1 aliphatic carbocycles. The van der Waals surface area contributed by atoms with Crippen LogP contribution in [0.5, 0.6) is 0 Å². The summed E-state index contributed by atoms with van der Waals surface area (Å²) < 4.78 is 0. The highest BCUT2D eigenvalue weighted by molar-refractivity contribution is 5.14. The van der Waals surface area contributed by atoms with Crippen LogP contribution in [0.4, 0.5) is 0 Å². The molecule has 18 heavy (non-hydrogen) atoms. The largest absolute Gasteiger partial charge is 0.314 e. The van der Waals surface area contributed by atoms with Gasteiger partial charge in [-0.2, -0.15) is 0 Å².